The number of benzene rings is 6. The van der Waals surface area contributed by atoms with Crippen molar-refractivity contribution in [2.45, 2.75) is 23.6 Å². The van der Waals surface area contributed by atoms with Crippen molar-refractivity contribution in [2.24, 2.45) is 0 Å². The summed E-state index contributed by atoms with van der Waals surface area (Å²) in [4.78, 5) is 2.01. The number of nitrogens with zero attached hydrogens (tertiary/aromatic N) is 2. The summed E-state index contributed by atoms with van der Waals surface area (Å²) in [6, 6.07) is 37.5. The van der Waals surface area contributed by atoms with Crippen LogP contribution in [0, 0.1) is 13.8 Å². The van der Waals surface area contributed by atoms with Gasteiger partial charge in [-0.25, -0.2) is 26.0 Å². The summed E-state index contributed by atoms with van der Waals surface area (Å²) in [6.07, 6.45) is 0. The van der Waals surface area contributed by atoms with Gasteiger partial charge in [-0.15, -0.1) is 4.86 Å². The molecule has 0 unspecified atom stereocenters. The topological polar surface area (TPSA) is 139 Å². The van der Waals surface area contributed by atoms with Crippen LogP contribution in [0.15, 0.2) is 155 Å². The van der Waals surface area contributed by atoms with E-state index < -0.39 is 35.4 Å². The molecule has 0 saturated heterocycles. The van der Waals surface area contributed by atoms with Crippen LogP contribution in [-0.2, 0) is 29.2 Å². The van der Waals surface area contributed by atoms with Crippen LogP contribution in [0.25, 0.3) is 22.3 Å². The molecule has 1 N–H and O–H groups in total. The molecule has 0 radical (unpaired) electrons. The lowest BCUT2D eigenvalue weighted by Crippen LogP contribution is -2.40. The summed E-state index contributed by atoms with van der Waals surface area (Å²) in [5.74, 6) is -0.0138. The molecule has 0 saturated carbocycles. The van der Waals surface area contributed by atoms with Crippen molar-refractivity contribution in [3.63, 3.8) is 0 Å². The van der Waals surface area contributed by atoms with Gasteiger partial charge in [-0.2, -0.15) is 8.15 Å². The molecule has 6 aromatic rings. The third kappa shape index (κ3) is 5.85. The highest BCUT2D eigenvalue weighted by Crippen LogP contribution is 2.68. The van der Waals surface area contributed by atoms with Gasteiger partial charge in [-0.3, -0.25) is 0 Å². The molecule has 2 heterocycles. The Bertz CT molecular complexity index is 2560. The normalized spacial score (nSPS) is 19.3. The Hall–Kier alpha value is -5.16. The van der Waals surface area contributed by atoms with Crippen LogP contribution >= 0.6 is 15.3 Å². The molecule has 8 rings (SSSR count). The Labute approximate surface area is 307 Å². The Morgan fingerprint density at radius 2 is 0.774 bits per heavy atom. The zero-order valence-electron chi connectivity index (χ0n) is 28.2. The molecule has 0 bridgehead atoms. The molecular weight excluding hydrogens is 753 g/mol. The van der Waals surface area contributed by atoms with Crippen LogP contribution < -0.4 is 22.1 Å². The number of fused-ring (bicyclic) bond motifs is 6. The van der Waals surface area contributed by atoms with E-state index in [0.717, 1.165) is 11.1 Å². The number of nitrogens with one attached hydrogen (secondary N) is 1. The second kappa shape index (κ2) is 12.8. The van der Waals surface area contributed by atoms with Crippen molar-refractivity contribution in [1.82, 2.24) is 4.86 Å². The summed E-state index contributed by atoms with van der Waals surface area (Å²) in [5, 5.41) is 0. The molecule has 0 aliphatic carbocycles. The Morgan fingerprint density at radius 1 is 0.453 bits per heavy atom. The summed E-state index contributed by atoms with van der Waals surface area (Å²) in [6.45, 7) is 3.58. The van der Waals surface area contributed by atoms with E-state index in [1.807, 2.05) is 0 Å². The average Bonchev–Trinajstić information content (AvgIpc) is 3.31. The fraction of sp³-hybridized carbons (Fsp3) is 0.0526. The van der Waals surface area contributed by atoms with E-state index in [2.05, 4.69) is 4.86 Å². The minimum Gasteiger partial charge on any atom is -0.416 e. The number of anilines is 2. The molecule has 0 fully saturated rings. The molecule has 2 aliphatic rings. The molecule has 0 spiro atoms. The number of rotatable bonds is 6. The van der Waals surface area contributed by atoms with Gasteiger partial charge in [0.2, 0.25) is 0 Å². The second-order valence-electron chi connectivity index (χ2n) is 12.5. The molecule has 15 heteroatoms. The number of hydrogen-bond acceptors (Lipinski definition) is 8. The fourth-order valence-electron chi connectivity index (χ4n) is 6.34. The number of hydrogen-bond donors (Lipinski definition) is 1. The van der Waals surface area contributed by atoms with E-state index in [1.165, 1.54) is 48.5 Å². The maximum absolute atomic E-state index is 16.0. The van der Waals surface area contributed by atoms with Crippen molar-refractivity contribution in [3.05, 3.63) is 157 Å². The van der Waals surface area contributed by atoms with E-state index in [4.69, 9.17) is 9.05 Å². The van der Waals surface area contributed by atoms with Crippen molar-refractivity contribution in [3.8, 4) is 33.8 Å². The predicted octanol–water partition coefficient (Wildman–Crippen LogP) is 9.32. The SMILES string of the molecule is Cc1ccc(S(=O)(=O)N2c3ccccc3-c3ccccc3O[P@]2(=O)N[P@]2(=O)Oc3ccccc3-c3ccccc3N2S(=O)(=O)c2ccc(C)cc2)cc1. The summed E-state index contributed by atoms with van der Waals surface area (Å²) in [5.41, 5.74) is 2.90. The molecule has 0 amide bonds. The zero-order valence-corrected chi connectivity index (χ0v) is 31.6. The Balaban J connectivity index is 1.42. The molecule has 53 heavy (non-hydrogen) atoms. The molecule has 2 atom stereocenters. The van der Waals surface area contributed by atoms with Crippen LogP contribution in [0.5, 0.6) is 11.5 Å². The third-order valence-electron chi connectivity index (χ3n) is 8.84. The molecule has 11 nitrogen and oxygen atoms in total. The van der Waals surface area contributed by atoms with E-state index in [0.29, 0.717) is 30.4 Å². The Kier molecular flexibility index (Phi) is 8.40. The first-order chi connectivity index (χ1) is 25.3. The lowest BCUT2D eigenvalue weighted by molar-refractivity contribution is 0.457. The van der Waals surface area contributed by atoms with Crippen LogP contribution in [0.2, 0.25) is 0 Å². The fourth-order valence-corrected chi connectivity index (χ4v) is 16.4. The zero-order chi connectivity index (χ0) is 37.2. The van der Waals surface area contributed by atoms with Crippen LogP contribution in [0.3, 0.4) is 0 Å². The van der Waals surface area contributed by atoms with Crippen molar-refractivity contribution >= 4 is 46.8 Å². The van der Waals surface area contributed by atoms with Crippen LogP contribution in [0.4, 0.5) is 11.4 Å². The lowest BCUT2D eigenvalue weighted by Gasteiger charge is -2.36. The average molecular weight is 784 g/mol. The lowest BCUT2D eigenvalue weighted by atomic mass is 10.0. The largest absolute Gasteiger partial charge is 0.443 e. The quantitative estimate of drug-likeness (QED) is 0.164. The second-order valence-corrected chi connectivity index (χ2v) is 20.6. The highest BCUT2D eigenvalue weighted by atomic mass is 32.2. The standard InChI is InChI=1S/C38H31N3O8P2S2/c1-27-19-23-29(24-20-27)52(44,45)40-35-15-7-3-11-31(35)33-13-5-9-17-37(33)48-50(40,42)39-51(43)41(53(46,47)30-25-21-28(2)22-26-30)36-16-8-4-12-32(36)34-14-6-10-18-38(34)49-51/h3-26H,1-2H3,(H,39,42,43)/t50-,51+. The van der Waals surface area contributed by atoms with Crippen LogP contribution in [-0.4, -0.2) is 16.8 Å². The molecule has 0 aromatic heterocycles. The molecule has 6 aromatic carbocycles. The van der Waals surface area contributed by atoms with Gasteiger partial charge >= 0.3 is 15.3 Å². The monoisotopic (exact) mass is 783 g/mol. The predicted molar refractivity (Wildman–Crippen MR) is 205 cm³/mol. The first kappa shape index (κ1) is 34.9. The van der Waals surface area contributed by atoms with E-state index in [1.54, 1.807) is 111 Å². The molecule has 2 aliphatic heterocycles. The highest BCUT2D eigenvalue weighted by molar-refractivity contribution is 8.03. The molecule has 268 valence electrons. The summed E-state index contributed by atoms with van der Waals surface area (Å²) in [7, 11) is -20.3. The van der Waals surface area contributed by atoms with Crippen molar-refractivity contribution in [2.75, 3.05) is 8.15 Å². The van der Waals surface area contributed by atoms with Gasteiger partial charge in [0.05, 0.1) is 21.2 Å². The van der Waals surface area contributed by atoms with Gasteiger partial charge in [0.1, 0.15) is 11.5 Å². The van der Waals surface area contributed by atoms with E-state index in [-0.39, 0.29) is 32.7 Å². The summed E-state index contributed by atoms with van der Waals surface area (Å²) < 4.78 is 105. The van der Waals surface area contributed by atoms with Gasteiger partial charge in [0.15, 0.2) is 0 Å². The molecular formula is C38H31N3O8P2S2. The first-order valence-corrected chi connectivity index (χ1v) is 22.4. The van der Waals surface area contributed by atoms with Gasteiger partial charge in [0.25, 0.3) is 20.0 Å². The van der Waals surface area contributed by atoms with Gasteiger partial charge in [-0.1, -0.05) is 108 Å². The smallest absolute Gasteiger partial charge is 0.416 e. The minimum atomic E-state index is -5.31. The van der Waals surface area contributed by atoms with Crippen molar-refractivity contribution in [1.29, 1.82) is 0 Å². The minimum absolute atomic E-state index is 0.00689. The maximum atomic E-state index is 16.0. The van der Waals surface area contributed by atoms with Gasteiger partial charge < -0.3 is 9.05 Å². The van der Waals surface area contributed by atoms with E-state index >= 15 is 9.13 Å². The highest BCUT2D eigenvalue weighted by Gasteiger charge is 2.56. The third-order valence-corrected chi connectivity index (χ3v) is 18.8. The Morgan fingerprint density at radius 3 is 1.15 bits per heavy atom. The maximum Gasteiger partial charge on any atom is 0.443 e. The van der Waals surface area contributed by atoms with Crippen LogP contribution in [0.1, 0.15) is 11.1 Å². The first-order valence-electron chi connectivity index (χ1n) is 16.3. The van der Waals surface area contributed by atoms with E-state index in [9.17, 15) is 16.8 Å². The van der Waals surface area contributed by atoms with Gasteiger partial charge in [-0.05, 0) is 62.4 Å². The number of aryl methyl sites for hydroxylation is 2. The van der Waals surface area contributed by atoms with Crippen molar-refractivity contribution < 1.29 is 35.0 Å². The number of para-hydroxylation sites is 4. The summed E-state index contributed by atoms with van der Waals surface area (Å²) >= 11 is 0. The van der Waals surface area contributed by atoms with Gasteiger partial charge in [0, 0.05) is 22.3 Å². The number of sulfonamides is 2.